The average molecular weight is 417 g/mol. The van der Waals surface area contributed by atoms with E-state index in [9.17, 15) is 14.7 Å². The number of carbonyl (C=O) groups is 2. The molecule has 31 heavy (non-hydrogen) atoms. The molecule has 0 spiro atoms. The zero-order valence-electron chi connectivity index (χ0n) is 18.3. The first-order valence-corrected chi connectivity index (χ1v) is 10.8. The van der Waals surface area contributed by atoms with Crippen LogP contribution in [0.1, 0.15) is 57.2 Å². The second kappa shape index (κ2) is 8.06. The fraction of sp³-hybridized carbons (Fsp3) is 0.308. The van der Waals surface area contributed by atoms with Crippen molar-refractivity contribution in [2.24, 2.45) is 5.92 Å². The van der Waals surface area contributed by atoms with Crippen LogP contribution in [0.5, 0.6) is 0 Å². The van der Waals surface area contributed by atoms with Crippen molar-refractivity contribution in [2.45, 2.75) is 46.1 Å². The van der Waals surface area contributed by atoms with Gasteiger partial charge in [-0.15, -0.1) is 0 Å². The standard InChI is InChI=1S/C26H28N2O3/c1-15(2)13-22(29)23-24(20-14-27-21-8-6-5-7-19(20)21)28(26(31)25(23)30)18-11-9-17(10-12-18)16(3)4/h5-12,14-16,24,27,30H,13H2,1-4H3. The van der Waals surface area contributed by atoms with Crippen molar-refractivity contribution < 1.29 is 14.7 Å². The van der Waals surface area contributed by atoms with Crippen LogP contribution < -0.4 is 4.90 Å². The predicted octanol–water partition coefficient (Wildman–Crippen LogP) is 5.81. The fourth-order valence-corrected chi connectivity index (χ4v) is 4.27. The van der Waals surface area contributed by atoms with E-state index >= 15 is 0 Å². The minimum Gasteiger partial charge on any atom is -0.503 e. The molecule has 2 heterocycles. The number of hydrogen-bond acceptors (Lipinski definition) is 3. The van der Waals surface area contributed by atoms with E-state index in [1.54, 1.807) is 4.90 Å². The molecule has 5 nitrogen and oxygen atoms in total. The van der Waals surface area contributed by atoms with Gasteiger partial charge < -0.3 is 10.1 Å². The molecule has 0 aliphatic carbocycles. The molecule has 2 aromatic carbocycles. The van der Waals surface area contributed by atoms with Gasteiger partial charge in [0.05, 0.1) is 11.6 Å². The van der Waals surface area contributed by atoms with Crippen molar-refractivity contribution in [2.75, 3.05) is 4.90 Å². The van der Waals surface area contributed by atoms with Crippen molar-refractivity contribution in [3.8, 4) is 0 Å². The van der Waals surface area contributed by atoms with E-state index in [1.807, 2.05) is 68.6 Å². The summed E-state index contributed by atoms with van der Waals surface area (Å²) >= 11 is 0. The Morgan fingerprint density at radius 2 is 1.74 bits per heavy atom. The van der Waals surface area contributed by atoms with Gasteiger partial charge in [-0.2, -0.15) is 0 Å². The Labute approximate surface area is 182 Å². The Bertz CT molecular complexity index is 1170. The maximum absolute atomic E-state index is 13.2. The molecular formula is C26H28N2O3. The van der Waals surface area contributed by atoms with Crippen LogP contribution in [0, 0.1) is 5.92 Å². The third-order valence-electron chi connectivity index (χ3n) is 5.86. The van der Waals surface area contributed by atoms with Crippen LogP contribution in [0.4, 0.5) is 5.69 Å². The van der Waals surface area contributed by atoms with Gasteiger partial charge in [-0.1, -0.05) is 58.0 Å². The van der Waals surface area contributed by atoms with Crippen LogP contribution in [0.2, 0.25) is 0 Å². The molecule has 1 unspecified atom stereocenters. The molecule has 3 aromatic rings. The van der Waals surface area contributed by atoms with Gasteiger partial charge in [0.25, 0.3) is 5.91 Å². The lowest BCUT2D eigenvalue weighted by atomic mass is 9.91. The molecule has 2 N–H and O–H groups in total. The largest absolute Gasteiger partial charge is 0.503 e. The van der Waals surface area contributed by atoms with E-state index in [0.717, 1.165) is 22.0 Å². The first-order chi connectivity index (χ1) is 14.8. The summed E-state index contributed by atoms with van der Waals surface area (Å²) in [6, 6.07) is 14.9. The molecule has 4 rings (SSSR count). The lowest BCUT2D eigenvalue weighted by Crippen LogP contribution is -2.31. The third-order valence-corrected chi connectivity index (χ3v) is 5.86. The second-order valence-corrected chi connectivity index (χ2v) is 8.90. The Morgan fingerprint density at radius 3 is 2.39 bits per heavy atom. The number of aromatic amines is 1. The highest BCUT2D eigenvalue weighted by atomic mass is 16.3. The van der Waals surface area contributed by atoms with Crippen molar-refractivity contribution in [1.82, 2.24) is 4.98 Å². The maximum atomic E-state index is 13.2. The van der Waals surface area contributed by atoms with Crippen LogP contribution in [0.15, 0.2) is 66.1 Å². The minimum atomic E-state index is -0.681. The monoisotopic (exact) mass is 416 g/mol. The molecule has 0 bridgehead atoms. The number of para-hydroxylation sites is 1. The Balaban J connectivity index is 1.88. The number of Topliss-reactive ketones (excluding diaryl/α,β-unsaturated/α-hetero) is 1. The highest BCUT2D eigenvalue weighted by Gasteiger charge is 2.45. The van der Waals surface area contributed by atoms with Crippen molar-refractivity contribution in [1.29, 1.82) is 0 Å². The molecule has 1 aliphatic rings. The highest BCUT2D eigenvalue weighted by molar-refractivity contribution is 6.17. The SMILES string of the molecule is CC(C)CC(=O)C1=C(O)C(=O)N(c2ccc(C(C)C)cc2)C1c1c[nH]c2ccccc12. The van der Waals surface area contributed by atoms with Crippen molar-refractivity contribution in [3.63, 3.8) is 0 Å². The third kappa shape index (κ3) is 3.65. The van der Waals surface area contributed by atoms with E-state index in [4.69, 9.17) is 0 Å². The number of aliphatic hydroxyl groups excluding tert-OH is 1. The fourth-order valence-electron chi connectivity index (χ4n) is 4.27. The Kier molecular flexibility index (Phi) is 5.44. The van der Waals surface area contributed by atoms with Crippen LogP contribution in [0.3, 0.4) is 0 Å². The van der Waals surface area contributed by atoms with Gasteiger partial charge >= 0.3 is 0 Å². The summed E-state index contributed by atoms with van der Waals surface area (Å²) < 4.78 is 0. The average Bonchev–Trinajstić information content (AvgIpc) is 3.26. The van der Waals surface area contributed by atoms with Gasteiger partial charge in [-0.3, -0.25) is 14.5 Å². The predicted molar refractivity (Wildman–Crippen MR) is 123 cm³/mol. The van der Waals surface area contributed by atoms with Crippen LogP contribution in [0.25, 0.3) is 10.9 Å². The molecule has 1 aromatic heterocycles. The summed E-state index contributed by atoms with van der Waals surface area (Å²) in [6.45, 7) is 8.13. The summed E-state index contributed by atoms with van der Waals surface area (Å²) in [5, 5.41) is 11.7. The molecule has 0 saturated carbocycles. The number of amides is 1. The van der Waals surface area contributed by atoms with Crippen LogP contribution >= 0.6 is 0 Å². The summed E-state index contributed by atoms with van der Waals surface area (Å²) in [6.07, 6.45) is 2.10. The van der Waals surface area contributed by atoms with Crippen LogP contribution in [-0.2, 0) is 9.59 Å². The zero-order valence-corrected chi connectivity index (χ0v) is 18.3. The van der Waals surface area contributed by atoms with E-state index in [1.165, 1.54) is 0 Å². The number of anilines is 1. The number of hydrogen-bond donors (Lipinski definition) is 2. The van der Waals surface area contributed by atoms with Crippen LogP contribution in [-0.4, -0.2) is 21.8 Å². The van der Waals surface area contributed by atoms with Gasteiger partial charge in [0.15, 0.2) is 11.5 Å². The molecule has 0 radical (unpaired) electrons. The lowest BCUT2D eigenvalue weighted by Gasteiger charge is -2.27. The smallest absolute Gasteiger partial charge is 0.294 e. The first kappa shape index (κ1) is 20.9. The van der Waals surface area contributed by atoms with Gasteiger partial charge in [0.2, 0.25) is 0 Å². The van der Waals surface area contributed by atoms with E-state index in [-0.39, 0.29) is 23.7 Å². The van der Waals surface area contributed by atoms with Crippen molar-refractivity contribution >= 4 is 28.3 Å². The highest BCUT2D eigenvalue weighted by Crippen LogP contribution is 2.44. The molecule has 1 atom stereocenters. The minimum absolute atomic E-state index is 0.117. The summed E-state index contributed by atoms with van der Waals surface area (Å²) in [5.74, 6) is -0.709. The number of rotatable bonds is 6. The molecule has 5 heteroatoms. The van der Waals surface area contributed by atoms with Gasteiger partial charge in [-0.25, -0.2) is 0 Å². The number of aliphatic hydroxyl groups is 1. The Morgan fingerprint density at radius 1 is 1.06 bits per heavy atom. The van der Waals surface area contributed by atoms with Gasteiger partial charge in [-0.05, 0) is 35.6 Å². The Hall–Kier alpha value is -3.34. The molecule has 0 saturated heterocycles. The summed E-state index contributed by atoms with van der Waals surface area (Å²) in [5.41, 5.74) is 3.71. The molecule has 1 aliphatic heterocycles. The van der Waals surface area contributed by atoms with E-state index in [0.29, 0.717) is 11.6 Å². The second-order valence-electron chi connectivity index (χ2n) is 8.90. The molecule has 160 valence electrons. The number of carbonyl (C=O) groups excluding carboxylic acids is 2. The topological polar surface area (TPSA) is 73.4 Å². The normalized spacial score (nSPS) is 16.9. The number of aromatic nitrogens is 1. The van der Waals surface area contributed by atoms with Crippen molar-refractivity contribution in [3.05, 3.63) is 77.2 Å². The van der Waals surface area contributed by atoms with E-state index in [2.05, 4.69) is 18.8 Å². The van der Waals surface area contributed by atoms with Gasteiger partial charge in [0.1, 0.15) is 0 Å². The number of H-pyrrole nitrogens is 1. The number of benzene rings is 2. The number of nitrogens with zero attached hydrogens (tertiary/aromatic N) is 1. The lowest BCUT2D eigenvalue weighted by molar-refractivity contribution is -0.118. The van der Waals surface area contributed by atoms with Gasteiger partial charge in [0, 0.05) is 34.8 Å². The number of ketones is 1. The maximum Gasteiger partial charge on any atom is 0.294 e. The molecule has 0 fully saturated rings. The molecular weight excluding hydrogens is 388 g/mol. The summed E-state index contributed by atoms with van der Waals surface area (Å²) in [7, 11) is 0. The number of nitrogens with one attached hydrogen (secondary N) is 1. The summed E-state index contributed by atoms with van der Waals surface area (Å²) in [4.78, 5) is 31.2. The zero-order chi connectivity index (χ0) is 22.3. The quantitative estimate of drug-likeness (QED) is 0.533. The first-order valence-electron chi connectivity index (χ1n) is 10.8. The number of fused-ring (bicyclic) bond motifs is 1. The van der Waals surface area contributed by atoms with E-state index < -0.39 is 17.7 Å². The molecule has 1 amide bonds.